The zero-order valence-corrected chi connectivity index (χ0v) is 14.7. The van der Waals surface area contributed by atoms with Gasteiger partial charge >= 0.3 is 0 Å². The average Bonchev–Trinajstić information content (AvgIpc) is 3.13. The summed E-state index contributed by atoms with van der Waals surface area (Å²) in [7, 11) is 0. The SMILES string of the molecule is CC(=O)c1ccc(OCC2CN(C/C=C/c3ccco3)CCO2)cc1F. The van der Waals surface area contributed by atoms with Crippen LogP contribution in [0, 0.1) is 5.82 Å². The van der Waals surface area contributed by atoms with E-state index in [4.69, 9.17) is 13.9 Å². The van der Waals surface area contributed by atoms with Crippen LogP contribution in [0.15, 0.2) is 47.1 Å². The molecule has 26 heavy (non-hydrogen) atoms. The summed E-state index contributed by atoms with van der Waals surface area (Å²) in [5, 5.41) is 0. The first-order valence-electron chi connectivity index (χ1n) is 8.59. The number of ketones is 1. The minimum absolute atomic E-state index is 0.0702. The molecule has 0 spiro atoms. The molecule has 0 bridgehead atoms. The van der Waals surface area contributed by atoms with Crippen molar-refractivity contribution >= 4 is 11.9 Å². The van der Waals surface area contributed by atoms with E-state index in [-0.39, 0.29) is 17.5 Å². The van der Waals surface area contributed by atoms with E-state index in [9.17, 15) is 9.18 Å². The van der Waals surface area contributed by atoms with Gasteiger partial charge in [0.25, 0.3) is 0 Å². The highest BCUT2D eigenvalue weighted by Crippen LogP contribution is 2.18. The molecule has 1 saturated heterocycles. The Hall–Kier alpha value is -2.44. The molecule has 138 valence electrons. The Morgan fingerprint density at radius 2 is 2.31 bits per heavy atom. The lowest BCUT2D eigenvalue weighted by molar-refractivity contribution is -0.0446. The summed E-state index contributed by atoms with van der Waals surface area (Å²) in [5.74, 6) is 0.354. The van der Waals surface area contributed by atoms with Crippen LogP contribution in [0.1, 0.15) is 23.0 Å². The molecule has 6 heteroatoms. The third kappa shape index (κ3) is 5.03. The number of rotatable bonds is 7. The summed E-state index contributed by atoms with van der Waals surface area (Å²) < 4.78 is 30.4. The smallest absolute Gasteiger partial charge is 0.162 e. The third-order valence-electron chi connectivity index (χ3n) is 4.17. The van der Waals surface area contributed by atoms with Crippen LogP contribution in [0.5, 0.6) is 5.75 Å². The van der Waals surface area contributed by atoms with Crippen molar-refractivity contribution in [2.24, 2.45) is 0 Å². The van der Waals surface area contributed by atoms with Gasteiger partial charge in [0.05, 0.1) is 18.4 Å². The number of nitrogens with zero attached hydrogens (tertiary/aromatic N) is 1. The molecule has 1 unspecified atom stereocenters. The van der Waals surface area contributed by atoms with Gasteiger partial charge in [-0.05, 0) is 37.3 Å². The first kappa shape index (κ1) is 18.4. The van der Waals surface area contributed by atoms with Gasteiger partial charge < -0.3 is 13.9 Å². The number of ether oxygens (including phenoxy) is 2. The zero-order valence-electron chi connectivity index (χ0n) is 14.7. The second-order valence-corrected chi connectivity index (χ2v) is 6.18. The molecule has 1 aliphatic rings. The topological polar surface area (TPSA) is 51.9 Å². The number of hydrogen-bond donors (Lipinski definition) is 0. The highest BCUT2D eigenvalue weighted by atomic mass is 19.1. The standard InChI is InChI=1S/C20H22FNO4/c1-15(23)19-7-6-17(12-20(19)21)26-14-18-13-22(9-11-25-18)8-2-4-16-5-3-10-24-16/h2-7,10,12,18H,8-9,11,13-14H2,1H3/b4-2+. The molecule has 1 aromatic heterocycles. The van der Waals surface area contributed by atoms with E-state index >= 15 is 0 Å². The molecule has 0 saturated carbocycles. The van der Waals surface area contributed by atoms with Gasteiger partial charge in [-0.2, -0.15) is 0 Å². The van der Waals surface area contributed by atoms with Crippen LogP contribution in [0.25, 0.3) is 6.08 Å². The van der Waals surface area contributed by atoms with Crippen molar-refractivity contribution in [3.8, 4) is 5.75 Å². The van der Waals surface area contributed by atoms with Crippen molar-refractivity contribution in [3.05, 3.63) is 59.8 Å². The number of morpholine rings is 1. The Kier molecular flexibility index (Phi) is 6.20. The Balaban J connectivity index is 1.47. The Morgan fingerprint density at radius 1 is 1.42 bits per heavy atom. The summed E-state index contributed by atoms with van der Waals surface area (Å²) >= 11 is 0. The summed E-state index contributed by atoms with van der Waals surface area (Å²) in [6.07, 6.45) is 5.56. The Labute approximate surface area is 152 Å². The van der Waals surface area contributed by atoms with Gasteiger partial charge in [-0.15, -0.1) is 0 Å². The van der Waals surface area contributed by atoms with Crippen molar-refractivity contribution < 1.29 is 23.1 Å². The van der Waals surface area contributed by atoms with Crippen LogP contribution in [-0.2, 0) is 4.74 Å². The number of hydrogen-bond acceptors (Lipinski definition) is 5. The van der Waals surface area contributed by atoms with Gasteiger partial charge in [0, 0.05) is 25.7 Å². The fourth-order valence-corrected chi connectivity index (χ4v) is 2.81. The van der Waals surface area contributed by atoms with Crippen molar-refractivity contribution in [2.75, 3.05) is 32.8 Å². The molecule has 3 rings (SSSR count). The third-order valence-corrected chi connectivity index (χ3v) is 4.17. The van der Waals surface area contributed by atoms with Gasteiger partial charge in [-0.1, -0.05) is 6.08 Å². The monoisotopic (exact) mass is 359 g/mol. The molecule has 0 radical (unpaired) electrons. The second kappa shape index (κ2) is 8.78. The van der Waals surface area contributed by atoms with Crippen LogP contribution in [0.3, 0.4) is 0 Å². The Morgan fingerprint density at radius 3 is 3.04 bits per heavy atom. The summed E-state index contributed by atoms with van der Waals surface area (Å²) in [6.45, 7) is 4.67. The highest BCUT2D eigenvalue weighted by molar-refractivity contribution is 5.94. The van der Waals surface area contributed by atoms with Gasteiger partial charge in [-0.3, -0.25) is 9.69 Å². The summed E-state index contributed by atoms with van der Waals surface area (Å²) in [6, 6.07) is 8.05. The molecule has 2 heterocycles. The lowest BCUT2D eigenvalue weighted by atomic mass is 10.1. The lowest BCUT2D eigenvalue weighted by Crippen LogP contribution is -2.44. The molecule has 2 aromatic rings. The average molecular weight is 359 g/mol. The molecule has 1 fully saturated rings. The molecule has 0 aliphatic carbocycles. The van der Waals surface area contributed by atoms with Crippen molar-refractivity contribution in [2.45, 2.75) is 13.0 Å². The molecule has 0 amide bonds. The maximum Gasteiger partial charge on any atom is 0.162 e. The van der Waals surface area contributed by atoms with Gasteiger partial charge in [0.15, 0.2) is 5.78 Å². The first-order valence-corrected chi connectivity index (χ1v) is 8.59. The maximum absolute atomic E-state index is 13.8. The van der Waals surface area contributed by atoms with Crippen molar-refractivity contribution in [1.82, 2.24) is 4.90 Å². The summed E-state index contributed by atoms with van der Waals surface area (Å²) in [4.78, 5) is 13.5. The van der Waals surface area contributed by atoms with E-state index in [0.29, 0.717) is 19.0 Å². The minimum atomic E-state index is -0.566. The summed E-state index contributed by atoms with van der Waals surface area (Å²) in [5.41, 5.74) is 0.0702. The molecule has 1 aliphatic heterocycles. The van der Waals surface area contributed by atoms with Crippen LogP contribution in [0.4, 0.5) is 4.39 Å². The number of Topliss-reactive ketones (excluding diaryl/α,β-unsaturated/α-hetero) is 1. The predicted molar refractivity (Wildman–Crippen MR) is 95.8 cm³/mol. The number of carbonyl (C=O) groups excluding carboxylic acids is 1. The molecular formula is C20H22FNO4. The molecule has 0 N–H and O–H groups in total. The van der Waals surface area contributed by atoms with E-state index in [1.54, 1.807) is 12.3 Å². The van der Waals surface area contributed by atoms with E-state index < -0.39 is 5.82 Å². The van der Waals surface area contributed by atoms with E-state index in [1.807, 2.05) is 18.2 Å². The lowest BCUT2D eigenvalue weighted by Gasteiger charge is -2.32. The Bertz CT molecular complexity index is 757. The van der Waals surface area contributed by atoms with Crippen LogP contribution in [0.2, 0.25) is 0 Å². The second-order valence-electron chi connectivity index (χ2n) is 6.18. The fourth-order valence-electron chi connectivity index (χ4n) is 2.81. The van der Waals surface area contributed by atoms with Gasteiger partial charge in [-0.25, -0.2) is 4.39 Å². The number of furan rings is 1. The van der Waals surface area contributed by atoms with E-state index in [0.717, 1.165) is 25.4 Å². The largest absolute Gasteiger partial charge is 0.491 e. The van der Waals surface area contributed by atoms with Gasteiger partial charge in [0.1, 0.15) is 30.0 Å². The predicted octanol–water partition coefficient (Wildman–Crippen LogP) is 3.41. The first-order chi connectivity index (χ1) is 12.6. The number of carbonyl (C=O) groups is 1. The van der Waals surface area contributed by atoms with Crippen LogP contribution < -0.4 is 4.74 Å². The minimum Gasteiger partial charge on any atom is -0.491 e. The van der Waals surface area contributed by atoms with Crippen molar-refractivity contribution in [3.63, 3.8) is 0 Å². The van der Waals surface area contributed by atoms with Crippen LogP contribution >= 0.6 is 0 Å². The quantitative estimate of drug-likeness (QED) is 0.709. The molecular weight excluding hydrogens is 337 g/mol. The maximum atomic E-state index is 13.8. The van der Waals surface area contributed by atoms with Crippen LogP contribution in [-0.4, -0.2) is 49.6 Å². The zero-order chi connectivity index (χ0) is 18.4. The van der Waals surface area contributed by atoms with E-state index in [2.05, 4.69) is 11.0 Å². The van der Waals surface area contributed by atoms with Crippen molar-refractivity contribution in [1.29, 1.82) is 0 Å². The van der Waals surface area contributed by atoms with E-state index in [1.165, 1.54) is 19.1 Å². The highest BCUT2D eigenvalue weighted by Gasteiger charge is 2.20. The normalized spacial score (nSPS) is 18.3. The van der Waals surface area contributed by atoms with Gasteiger partial charge in [0.2, 0.25) is 0 Å². The molecule has 1 aromatic carbocycles. The molecule has 1 atom stereocenters. The molecule has 5 nitrogen and oxygen atoms in total. The number of benzene rings is 1. The number of halogens is 1. The fraction of sp³-hybridized carbons (Fsp3) is 0.350.